The minimum Gasteiger partial charge on any atom is -0.463 e. The summed E-state index contributed by atoms with van der Waals surface area (Å²) < 4.78 is 40.2. The average molecular weight is 655 g/mol. The first-order valence-electron chi connectivity index (χ1n) is 17.9. The highest BCUT2D eigenvalue weighted by molar-refractivity contribution is 7.85. The Morgan fingerprint density at radius 2 is 1.20 bits per heavy atom. The second-order valence-corrected chi connectivity index (χ2v) is 14.0. The van der Waals surface area contributed by atoms with Crippen molar-refractivity contribution in [2.24, 2.45) is 0 Å². The van der Waals surface area contributed by atoms with E-state index >= 15 is 0 Å². The van der Waals surface area contributed by atoms with Gasteiger partial charge in [0.2, 0.25) is 0 Å². The van der Waals surface area contributed by atoms with Gasteiger partial charge in [-0.25, -0.2) is 4.79 Å². The number of rotatable bonds is 31. The van der Waals surface area contributed by atoms with E-state index in [1.54, 1.807) is 0 Å². The van der Waals surface area contributed by atoms with Crippen molar-refractivity contribution < 1.29 is 32.0 Å². The maximum atomic E-state index is 12.1. The van der Waals surface area contributed by atoms with E-state index in [1.807, 2.05) is 13.8 Å². The number of carbonyl (C=O) groups excluding carboxylic acids is 2. The van der Waals surface area contributed by atoms with Crippen molar-refractivity contribution in [3.05, 3.63) is 36.0 Å². The minimum atomic E-state index is -4.14. The molecule has 1 N–H and O–H groups in total. The second kappa shape index (κ2) is 30.7. The largest absolute Gasteiger partial charge is 0.463 e. The van der Waals surface area contributed by atoms with Gasteiger partial charge in [-0.3, -0.25) is 9.35 Å². The molecule has 0 aromatic carbocycles. The lowest BCUT2D eigenvalue weighted by molar-refractivity contribution is -0.148. The number of ether oxygens (including phenoxy) is 2. The molecule has 0 heterocycles. The zero-order valence-electron chi connectivity index (χ0n) is 28.9. The number of hydrogen-bond acceptors (Lipinski definition) is 6. The molecule has 0 aliphatic rings. The monoisotopic (exact) mass is 654 g/mol. The Morgan fingerprint density at radius 3 is 1.78 bits per heavy atom. The number of esters is 2. The first-order chi connectivity index (χ1) is 21.6. The molecule has 0 aliphatic carbocycles. The molecule has 0 fully saturated rings. The van der Waals surface area contributed by atoms with Crippen LogP contribution in [0, 0.1) is 0 Å². The van der Waals surface area contributed by atoms with Gasteiger partial charge in [-0.15, -0.1) is 0 Å². The van der Waals surface area contributed by atoms with E-state index < -0.39 is 21.8 Å². The molecule has 1 atom stereocenters. The van der Waals surface area contributed by atoms with Crippen molar-refractivity contribution in [2.75, 3.05) is 12.4 Å². The van der Waals surface area contributed by atoms with Crippen molar-refractivity contribution in [3.8, 4) is 0 Å². The van der Waals surface area contributed by atoms with E-state index in [-0.39, 0.29) is 18.7 Å². The predicted molar refractivity (Wildman–Crippen MR) is 187 cm³/mol. The molecule has 0 aromatic rings. The summed E-state index contributed by atoms with van der Waals surface area (Å²) in [7, 11) is -4.14. The Kier molecular flexibility index (Phi) is 29.4. The molecule has 0 radical (unpaired) electrons. The maximum Gasteiger partial charge on any atom is 0.330 e. The van der Waals surface area contributed by atoms with Gasteiger partial charge in [0.05, 0.1) is 6.10 Å². The first kappa shape index (κ1) is 43.1. The van der Waals surface area contributed by atoms with Gasteiger partial charge in [-0.05, 0) is 78.1 Å². The molecule has 0 aromatic heterocycles. The summed E-state index contributed by atoms with van der Waals surface area (Å²) in [5.41, 5.74) is 0.849. The van der Waals surface area contributed by atoms with Crippen molar-refractivity contribution in [1.82, 2.24) is 0 Å². The van der Waals surface area contributed by atoms with Crippen LogP contribution < -0.4 is 0 Å². The standard InChI is InChI=1S/C37H66O7S/c1-4-5-6-7-8-9-10-11-12-13-14-15-16-17-18-19-20-21-22-23-27-30-36(38)44-35(3)29-26-24-25-28-34(2)33-37(39)43-31-32-45(40,41)42/h17-18,21-22,33,35H,4-16,19-20,23-32H2,1-3H3,(H,40,41,42). The number of hydrogen-bond donors (Lipinski definition) is 1. The molecule has 0 rings (SSSR count). The summed E-state index contributed by atoms with van der Waals surface area (Å²) in [5, 5.41) is 0. The van der Waals surface area contributed by atoms with Crippen LogP contribution >= 0.6 is 0 Å². The topological polar surface area (TPSA) is 107 Å². The fourth-order valence-corrected chi connectivity index (χ4v) is 5.34. The lowest BCUT2D eigenvalue weighted by atomic mass is 10.0. The highest BCUT2D eigenvalue weighted by atomic mass is 32.2. The molecule has 0 aliphatic heterocycles. The van der Waals surface area contributed by atoms with E-state index in [1.165, 1.54) is 89.5 Å². The highest BCUT2D eigenvalue weighted by Crippen LogP contribution is 2.14. The summed E-state index contributed by atoms with van der Waals surface area (Å²) in [6, 6.07) is 0. The van der Waals surface area contributed by atoms with Crippen molar-refractivity contribution in [3.63, 3.8) is 0 Å². The summed E-state index contributed by atoms with van der Waals surface area (Å²) in [4.78, 5) is 23.8. The quantitative estimate of drug-likeness (QED) is 0.0260. The first-order valence-corrected chi connectivity index (χ1v) is 19.5. The summed E-state index contributed by atoms with van der Waals surface area (Å²) >= 11 is 0. The van der Waals surface area contributed by atoms with Crippen LogP contribution in [0.2, 0.25) is 0 Å². The van der Waals surface area contributed by atoms with E-state index in [0.717, 1.165) is 63.4 Å². The maximum absolute atomic E-state index is 12.1. The zero-order chi connectivity index (χ0) is 33.4. The molecule has 0 spiro atoms. The molecule has 0 bridgehead atoms. The lowest BCUT2D eigenvalue weighted by Gasteiger charge is -2.13. The zero-order valence-corrected chi connectivity index (χ0v) is 29.8. The van der Waals surface area contributed by atoms with E-state index in [2.05, 4.69) is 31.2 Å². The summed E-state index contributed by atoms with van der Waals surface area (Å²) in [6.45, 7) is 5.66. The fraction of sp³-hybridized carbons (Fsp3) is 0.784. The fourth-order valence-electron chi connectivity index (χ4n) is 5.05. The van der Waals surface area contributed by atoms with Crippen LogP contribution in [0.15, 0.2) is 36.0 Å². The molecule has 1 unspecified atom stereocenters. The van der Waals surface area contributed by atoms with Gasteiger partial charge in [-0.1, -0.05) is 114 Å². The second-order valence-electron chi connectivity index (χ2n) is 12.4. The SMILES string of the molecule is CCCCCCCCCCCCCCC=CCCC=CCCCC(=O)OC(C)CCCCCC(C)=CC(=O)OCCS(=O)(=O)O. The Balaban J connectivity index is 3.60. The molecule has 262 valence electrons. The normalized spacial score (nSPS) is 13.1. The summed E-state index contributed by atoms with van der Waals surface area (Å²) in [5.74, 6) is -1.36. The highest BCUT2D eigenvalue weighted by Gasteiger charge is 2.09. The Bertz CT molecular complexity index is 921. The Morgan fingerprint density at radius 1 is 0.689 bits per heavy atom. The number of allylic oxidation sites excluding steroid dienone is 5. The van der Waals surface area contributed by atoms with E-state index in [9.17, 15) is 18.0 Å². The van der Waals surface area contributed by atoms with Gasteiger partial charge < -0.3 is 9.47 Å². The van der Waals surface area contributed by atoms with E-state index in [0.29, 0.717) is 6.42 Å². The van der Waals surface area contributed by atoms with Gasteiger partial charge in [0.15, 0.2) is 0 Å². The van der Waals surface area contributed by atoms with Crippen LogP contribution in [0.1, 0.15) is 168 Å². The molecule has 0 amide bonds. The lowest BCUT2D eigenvalue weighted by Crippen LogP contribution is -2.14. The molecule has 0 saturated carbocycles. The van der Waals surface area contributed by atoms with Gasteiger partial charge in [0.1, 0.15) is 12.4 Å². The van der Waals surface area contributed by atoms with Gasteiger partial charge in [0, 0.05) is 12.5 Å². The Hall–Kier alpha value is -1.93. The van der Waals surface area contributed by atoms with Gasteiger partial charge in [0.25, 0.3) is 10.1 Å². The third-order valence-electron chi connectivity index (χ3n) is 7.77. The average Bonchev–Trinajstić information content (AvgIpc) is 2.97. The van der Waals surface area contributed by atoms with Gasteiger partial charge >= 0.3 is 11.9 Å². The molecule has 0 saturated heterocycles. The van der Waals surface area contributed by atoms with Crippen LogP contribution in [0.5, 0.6) is 0 Å². The summed E-state index contributed by atoms with van der Waals surface area (Å²) in [6.07, 6.45) is 36.8. The minimum absolute atomic E-state index is 0.107. The predicted octanol–water partition coefficient (Wildman–Crippen LogP) is 10.4. The van der Waals surface area contributed by atoms with Crippen LogP contribution in [0.3, 0.4) is 0 Å². The molecular formula is C37H66O7S. The third kappa shape index (κ3) is 34.8. The molecule has 45 heavy (non-hydrogen) atoms. The third-order valence-corrected chi connectivity index (χ3v) is 8.46. The number of carbonyl (C=O) groups is 2. The molecular weight excluding hydrogens is 588 g/mol. The van der Waals surface area contributed by atoms with Crippen LogP contribution in [0.25, 0.3) is 0 Å². The Labute approximate surface area is 276 Å². The smallest absolute Gasteiger partial charge is 0.330 e. The van der Waals surface area contributed by atoms with Crippen molar-refractivity contribution in [1.29, 1.82) is 0 Å². The van der Waals surface area contributed by atoms with Crippen LogP contribution in [-0.4, -0.2) is 43.4 Å². The van der Waals surface area contributed by atoms with Crippen LogP contribution in [0.4, 0.5) is 0 Å². The van der Waals surface area contributed by atoms with Gasteiger partial charge in [-0.2, -0.15) is 8.42 Å². The molecule has 7 nitrogen and oxygen atoms in total. The van der Waals surface area contributed by atoms with E-state index in [4.69, 9.17) is 14.0 Å². The number of unbranched alkanes of at least 4 members (excludes halogenated alkanes) is 16. The van der Waals surface area contributed by atoms with Crippen LogP contribution in [-0.2, 0) is 29.2 Å². The van der Waals surface area contributed by atoms with Crippen molar-refractivity contribution >= 4 is 22.1 Å². The molecule has 8 heteroatoms. The van der Waals surface area contributed by atoms with Crippen molar-refractivity contribution in [2.45, 2.75) is 175 Å².